The number of oxazole rings is 1. The summed E-state index contributed by atoms with van der Waals surface area (Å²) in [5, 5.41) is 7.43. The molecule has 4 rings (SSSR count). The molecule has 1 amide bonds. The van der Waals surface area contributed by atoms with Gasteiger partial charge < -0.3 is 15.1 Å². The highest BCUT2D eigenvalue weighted by molar-refractivity contribution is 8.01. The molecule has 0 aliphatic carbocycles. The number of hydrogen-bond acceptors (Lipinski definition) is 6. The van der Waals surface area contributed by atoms with E-state index in [1.165, 1.54) is 42.3 Å². The first-order valence-corrected chi connectivity index (χ1v) is 8.64. The summed E-state index contributed by atoms with van der Waals surface area (Å²) in [5.74, 6) is 0.0313. The van der Waals surface area contributed by atoms with Gasteiger partial charge in [-0.1, -0.05) is 0 Å². The summed E-state index contributed by atoms with van der Waals surface area (Å²) in [4.78, 5) is 17.0. The molecule has 2 fully saturated rings. The third-order valence-electron chi connectivity index (χ3n) is 4.03. The van der Waals surface area contributed by atoms with Gasteiger partial charge in [0, 0.05) is 18.1 Å². The Hall–Kier alpha value is -1.31. The van der Waals surface area contributed by atoms with Crippen LogP contribution in [-0.2, 0) is 0 Å². The fourth-order valence-electron chi connectivity index (χ4n) is 3.07. The van der Waals surface area contributed by atoms with Gasteiger partial charge in [-0.15, -0.1) is 11.3 Å². The summed E-state index contributed by atoms with van der Waals surface area (Å²) in [6.45, 7) is 0. The Morgan fingerprint density at radius 3 is 3.14 bits per heavy atom. The third-order valence-corrected chi connectivity index (χ3v) is 6.15. The van der Waals surface area contributed by atoms with Crippen LogP contribution in [0, 0.1) is 0 Å². The number of carbonyl (C=O) groups excluding carboxylic acids is 1. The van der Waals surface area contributed by atoms with Crippen molar-refractivity contribution in [2.24, 2.45) is 0 Å². The van der Waals surface area contributed by atoms with Crippen LogP contribution in [0.25, 0.3) is 0 Å². The molecule has 2 saturated heterocycles. The van der Waals surface area contributed by atoms with Crippen molar-refractivity contribution in [1.29, 1.82) is 0 Å². The Morgan fingerprint density at radius 2 is 2.43 bits per heavy atom. The Bertz CT molecular complexity index is 640. The molecule has 2 aliphatic rings. The number of thiophene rings is 1. The zero-order chi connectivity index (χ0) is 14.2. The smallest absolute Gasteiger partial charge is 0.261 e. The van der Waals surface area contributed by atoms with Crippen LogP contribution in [0.1, 0.15) is 28.9 Å². The third kappa shape index (κ3) is 2.73. The van der Waals surface area contributed by atoms with Gasteiger partial charge in [0.1, 0.15) is 0 Å². The van der Waals surface area contributed by atoms with E-state index in [0.29, 0.717) is 12.1 Å². The number of amides is 1. The molecule has 0 radical (unpaired) electrons. The molecule has 5 nitrogen and oxygen atoms in total. The van der Waals surface area contributed by atoms with Gasteiger partial charge in [0.2, 0.25) is 0 Å². The number of hydrogen-bond donors (Lipinski definition) is 2. The summed E-state index contributed by atoms with van der Waals surface area (Å²) < 4.78 is 6.23. The predicted octanol–water partition coefficient (Wildman–Crippen LogP) is 2.51. The van der Waals surface area contributed by atoms with E-state index >= 15 is 0 Å². The zero-order valence-electron chi connectivity index (χ0n) is 11.2. The Labute approximate surface area is 130 Å². The molecule has 21 heavy (non-hydrogen) atoms. The molecule has 4 heterocycles. The first-order chi connectivity index (χ1) is 10.3. The molecule has 0 spiro atoms. The van der Waals surface area contributed by atoms with Crippen LogP contribution >= 0.6 is 23.1 Å². The first-order valence-electron chi connectivity index (χ1n) is 7.01. The zero-order valence-corrected chi connectivity index (χ0v) is 12.9. The predicted molar refractivity (Wildman–Crippen MR) is 80.8 cm³/mol. The summed E-state index contributed by atoms with van der Waals surface area (Å²) in [7, 11) is 0. The molecule has 2 N–H and O–H groups in total. The highest BCUT2D eigenvalue weighted by Crippen LogP contribution is 2.33. The lowest BCUT2D eigenvalue weighted by molar-refractivity contribution is 0.0935. The van der Waals surface area contributed by atoms with E-state index in [9.17, 15) is 4.79 Å². The van der Waals surface area contributed by atoms with Crippen molar-refractivity contribution in [2.75, 3.05) is 0 Å². The molecule has 0 aromatic carbocycles. The van der Waals surface area contributed by atoms with Crippen LogP contribution in [0.15, 0.2) is 38.4 Å². The maximum Gasteiger partial charge on any atom is 0.261 e. The van der Waals surface area contributed by atoms with E-state index in [4.69, 9.17) is 4.42 Å². The van der Waals surface area contributed by atoms with E-state index < -0.39 is 0 Å². The molecule has 2 aliphatic heterocycles. The second-order valence-electron chi connectivity index (χ2n) is 5.40. The second-order valence-corrected chi connectivity index (χ2v) is 7.79. The van der Waals surface area contributed by atoms with Crippen molar-refractivity contribution in [3.8, 4) is 0 Å². The molecule has 3 atom stereocenters. The molecule has 0 saturated carbocycles. The Balaban J connectivity index is 1.39. The molecule has 7 heteroatoms. The molecular weight excluding hydrogens is 306 g/mol. The largest absolute Gasteiger partial charge is 0.437 e. The summed E-state index contributed by atoms with van der Waals surface area (Å²) >= 11 is 2.97. The lowest BCUT2D eigenvalue weighted by atomic mass is 9.95. The van der Waals surface area contributed by atoms with Gasteiger partial charge in [-0.25, -0.2) is 4.98 Å². The van der Waals surface area contributed by atoms with E-state index in [1.807, 2.05) is 12.1 Å². The van der Waals surface area contributed by atoms with Crippen LogP contribution < -0.4 is 10.6 Å². The van der Waals surface area contributed by atoms with E-state index in [0.717, 1.165) is 20.6 Å². The number of rotatable bonds is 4. The summed E-state index contributed by atoms with van der Waals surface area (Å²) in [6, 6.07) is 5.16. The van der Waals surface area contributed by atoms with Crippen LogP contribution in [0.4, 0.5) is 0 Å². The average Bonchev–Trinajstić information content (AvgIpc) is 3.24. The molecule has 110 valence electrons. The normalized spacial score (nSPS) is 27.1. The maximum atomic E-state index is 12.3. The number of carbonyl (C=O) groups is 1. The van der Waals surface area contributed by atoms with Crippen molar-refractivity contribution >= 4 is 29.0 Å². The van der Waals surface area contributed by atoms with Crippen LogP contribution in [0.2, 0.25) is 0 Å². The lowest BCUT2D eigenvalue weighted by Crippen LogP contribution is -2.42. The lowest BCUT2D eigenvalue weighted by Gasteiger charge is -2.20. The monoisotopic (exact) mass is 321 g/mol. The summed E-state index contributed by atoms with van der Waals surface area (Å²) in [5.41, 5.74) is 0. The van der Waals surface area contributed by atoms with Crippen molar-refractivity contribution in [2.45, 2.75) is 46.7 Å². The fourth-order valence-corrected chi connectivity index (χ4v) is 4.94. The quantitative estimate of drug-likeness (QED) is 0.906. The van der Waals surface area contributed by atoms with Gasteiger partial charge >= 0.3 is 0 Å². The van der Waals surface area contributed by atoms with Crippen molar-refractivity contribution in [3.63, 3.8) is 0 Å². The van der Waals surface area contributed by atoms with Crippen molar-refractivity contribution in [3.05, 3.63) is 29.6 Å². The van der Waals surface area contributed by atoms with Gasteiger partial charge in [-0.3, -0.25) is 4.79 Å². The molecule has 2 aromatic rings. The van der Waals surface area contributed by atoms with Gasteiger partial charge in [0.05, 0.1) is 15.3 Å². The van der Waals surface area contributed by atoms with Crippen molar-refractivity contribution in [1.82, 2.24) is 15.6 Å². The van der Waals surface area contributed by atoms with E-state index in [1.54, 1.807) is 6.20 Å². The Kier molecular flexibility index (Phi) is 3.48. The molecule has 2 aromatic heterocycles. The second kappa shape index (κ2) is 5.47. The van der Waals surface area contributed by atoms with Gasteiger partial charge in [0.15, 0.2) is 11.5 Å². The standard InChI is InChI=1S/C14H15N3O2S2/c18-14(17-10-5-8-1-2-9(10)16-8)11-3-4-13(20-11)21-12-6-15-7-19-12/h3-4,6-10,16H,1-2,5H2,(H,17,18). The van der Waals surface area contributed by atoms with Crippen LogP contribution in [-0.4, -0.2) is 29.0 Å². The van der Waals surface area contributed by atoms with Gasteiger partial charge in [0.25, 0.3) is 5.91 Å². The molecule has 3 unspecified atom stereocenters. The van der Waals surface area contributed by atoms with Gasteiger partial charge in [-0.05, 0) is 43.2 Å². The summed E-state index contributed by atoms with van der Waals surface area (Å²) in [6.07, 6.45) is 6.55. The van der Waals surface area contributed by atoms with Crippen LogP contribution in [0.5, 0.6) is 0 Å². The highest BCUT2D eigenvalue weighted by atomic mass is 32.2. The number of nitrogens with one attached hydrogen (secondary N) is 2. The van der Waals surface area contributed by atoms with E-state index in [2.05, 4.69) is 15.6 Å². The molecular formula is C14H15N3O2S2. The van der Waals surface area contributed by atoms with Crippen molar-refractivity contribution < 1.29 is 9.21 Å². The fraction of sp³-hybridized carbons (Fsp3) is 0.429. The highest BCUT2D eigenvalue weighted by Gasteiger charge is 2.39. The molecule has 2 bridgehead atoms. The minimum atomic E-state index is 0.0313. The maximum absolute atomic E-state index is 12.3. The number of fused-ring (bicyclic) bond motifs is 2. The topological polar surface area (TPSA) is 67.2 Å². The SMILES string of the molecule is O=C(NC1CC2CCC1N2)c1ccc(Sc2cnco2)s1. The number of nitrogens with zero attached hydrogens (tertiary/aromatic N) is 1. The number of aromatic nitrogens is 1. The minimum Gasteiger partial charge on any atom is -0.437 e. The Morgan fingerprint density at radius 1 is 1.48 bits per heavy atom. The average molecular weight is 321 g/mol. The van der Waals surface area contributed by atoms with Gasteiger partial charge in [-0.2, -0.15) is 0 Å². The first kappa shape index (κ1) is 13.4. The van der Waals surface area contributed by atoms with E-state index in [-0.39, 0.29) is 11.9 Å². The van der Waals surface area contributed by atoms with Crippen LogP contribution in [0.3, 0.4) is 0 Å². The minimum absolute atomic E-state index is 0.0313.